The van der Waals surface area contributed by atoms with Gasteiger partial charge in [0.05, 0.1) is 10.8 Å². The summed E-state index contributed by atoms with van der Waals surface area (Å²) in [4.78, 5) is 6.82. The Morgan fingerprint density at radius 3 is 2.35 bits per heavy atom. The molecule has 1 aliphatic heterocycles. The maximum Gasteiger partial charge on any atom is 0.398 e. The second-order valence-corrected chi connectivity index (χ2v) is 6.63. The van der Waals surface area contributed by atoms with E-state index < -0.39 is 17.4 Å². The van der Waals surface area contributed by atoms with Gasteiger partial charge in [0.25, 0.3) is 0 Å². The van der Waals surface area contributed by atoms with Crippen LogP contribution < -0.4 is 5.32 Å². The lowest BCUT2D eigenvalue weighted by atomic mass is 9.72. The Labute approximate surface area is 147 Å². The van der Waals surface area contributed by atoms with Gasteiger partial charge in [0.15, 0.2) is 5.82 Å². The van der Waals surface area contributed by atoms with Gasteiger partial charge in [-0.1, -0.05) is 24.3 Å². The molecule has 1 aromatic carbocycles. The lowest BCUT2D eigenvalue weighted by molar-refractivity contribution is -0.197. The number of piperidine rings is 1. The molecule has 1 aliphatic rings. The summed E-state index contributed by atoms with van der Waals surface area (Å²) in [6, 6.07) is 7.96. The highest BCUT2D eigenvalue weighted by molar-refractivity contribution is 5.93. The van der Waals surface area contributed by atoms with Crippen LogP contribution >= 0.6 is 0 Å². The van der Waals surface area contributed by atoms with Crippen LogP contribution in [0.5, 0.6) is 0 Å². The van der Waals surface area contributed by atoms with Crippen LogP contribution in [0.4, 0.5) is 17.6 Å². The maximum atomic E-state index is 14.1. The van der Waals surface area contributed by atoms with Gasteiger partial charge >= 0.3 is 6.18 Å². The monoisotopic (exact) mass is 363 g/mol. The van der Waals surface area contributed by atoms with Gasteiger partial charge in [0, 0.05) is 12.4 Å². The summed E-state index contributed by atoms with van der Waals surface area (Å²) < 4.78 is 55.6. The Kier molecular flexibility index (Phi) is 3.99. The number of aromatic nitrogens is 2. The molecule has 26 heavy (non-hydrogen) atoms. The summed E-state index contributed by atoms with van der Waals surface area (Å²) in [6.07, 6.45) is -1.51. The Hall–Kier alpha value is -2.41. The first-order valence-electron chi connectivity index (χ1n) is 8.42. The second kappa shape index (κ2) is 6.09. The standard InChI is InChI=1S/C19H17F4N3/c20-15-11-26-17-16(15)14(5-8-25-17)12-1-3-13(4-2-12)18(19(21,22)23)6-9-24-10-7-18/h1-5,8,11,24H,6-7,9-10H2,(H,25,26). The van der Waals surface area contributed by atoms with Crippen LogP contribution in [0.2, 0.25) is 0 Å². The van der Waals surface area contributed by atoms with Crippen molar-refractivity contribution < 1.29 is 17.6 Å². The van der Waals surface area contributed by atoms with Crippen LogP contribution in [0.1, 0.15) is 18.4 Å². The number of pyridine rings is 1. The molecule has 1 saturated heterocycles. The van der Waals surface area contributed by atoms with Crippen LogP contribution in [0, 0.1) is 5.82 Å². The summed E-state index contributed by atoms with van der Waals surface area (Å²) >= 11 is 0. The van der Waals surface area contributed by atoms with E-state index in [1.54, 1.807) is 24.4 Å². The van der Waals surface area contributed by atoms with Crippen LogP contribution in [0.15, 0.2) is 42.7 Å². The van der Waals surface area contributed by atoms with Gasteiger partial charge < -0.3 is 10.3 Å². The van der Waals surface area contributed by atoms with E-state index in [4.69, 9.17) is 0 Å². The molecule has 0 unspecified atom stereocenters. The van der Waals surface area contributed by atoms with E-state index in [1.807, 2.05) is 0 Å². The van der Waals surface area contributed by atoms with Crippen LogP contribution in [0.25, 0.3) is 22.2 Å². The molecule has 1 fully saturated rings. The van der Waals surface area contributed by atoms with Crippen molar-refractivity contribution in [3.63, 3.8) is 0 Å². The number of aromatic amines is 1. The molecule has 0 amide bonds. The first-order valence-corrected chi connectivity index (χ1v) is 8.42. The van der Waals surface area contributed by atoms with Gasteiger partial charge in [-0.15, -0.1) is 0 Å². The molecule has 3 heterocycles. The lowest BCUT2D eigenvalue weighted by Gasteiger charge is -2.39. The first kappa shape index (κ1) is 17.0. The molecule has 136 valence electrons. The molecular formula is C19H17F4N3. The van der Waals surface area contributed by atoms with Crippen molar-refractivity contribution >= 4 is 11.0 Å². The van der Waals surface area contributed by atoms with Crippen molar-refractivity contribution in [2.75, 3.05) is 13.1 Å². The Morgan fingerprint density at radius 1 is 1.00 bits per heavy atom. The van der Waals surface area contributed by atoms with E-state index in [0.29, 0.717) is 35.2 Å². The summed E-state index contributed by atoms with van der Waals surface area (Å²) in [5.74, 6) is -0.433. The largest absolute Gasteiger partial charge is 0.398 e. The quantitative estimate of drug-likeness (QED) is 0.656. The van der Waals surface area contributed by atoms with Gasteiger partial charge in [-0.3, -0.25) is 0 Å². The molecule has 0 radical (unpaired) electrons. The fourth-order valence-electron chi connectivity index (χ4n) is 3.82. The average Bonchev–Trinajstić information content (AvgIpc) is 3.03. The van der Waals surface area contributed by atoms with Crippen molar-refractivity contribution in [3.05, 3.63) is 54.1 Å². The zero-order valence-corrected chi connectivity index (χ0v) is 13.8. The normalized spacial score (nSPS) is 17.5. The maximum absolute atomic E-state index is 14.1. The van der Waals surface area contributed by atoms with Crippen molar-refractivity contribution in [2.24, 2.45) is 0 Å². The highest BCUT2D eigenvalue weighted by Crippen LogP contribution is 2.47. The predicted octanol–water partition coefficient (Wildman–Crippen LogP) is 4.55. The molecule has 3 aromatic rings. The molecule has 4 rings (SSSR count). The zero-order valence-electron chi connectivity index (χ0n) is 13.8. The van der Waals surface area contributed by atoms with Crippen molar-refractivity contribution in [1.29, 1.82) is 0 Å². The van der Waals surface area contributed by atoms with Gasteiger partial charge in [-0.25, -0.2) is 9.37 Å². The van der Waals surface area contributed by atoms with E-state index in [-0.39, 0.29) is 18.4 Å². The number of benzene rings is 1. The van der Waals surface area contributed by atoms with Crippen LogP contribution in [-0.2, 0) is 5.41 Å². The van der Waals surface area contributed by atoms with Crippen LogP contribution in [-0.4, -0.2) is 29.2 Å². The minimum Gasteiger partial charge on any atom is -0.343 e. The summed E-state index contributed by atoms with van der Waals surface area (Å²) in [5.41, 5.74) is 0.103. The first-order chi connectivity index (χ1) is 12.4. The molecule has 2 N–H and O–H groups in total. The van der Waals surface area contributed by atoms with Crippen molar-refractivity contribution in [3.8, 4) is 11.1 Å². The fraction of sp³-hybridized carbons (Fsp3) is 0.316. The van der Waals surface area contributed by atoms with Gasteiger partial charge in [0.2, 0.25) is 0 Å². The third-order valence-electron chi connectivity index (χ3n) is 5.27. The van der Waals surface area contributed by atoms with Crippen molar-refractivity contribution in [2.45, 2.75) is 24.4 Å². The highest BCUT2D eigenvalue weighted by atomic mass is 19.4. The van der Waals surface area contributed by atoms with E-state index in [1.165, 1.54) is 18.3 Å². The molecule has 0 aliphatic carbocycles. The SMILES string of the molecule is Fc1c[nH]c2nccc(-c3ccc(C4(C(F)(F)F)CCNCC4)cc3)c12. The minimum atomic E-state index is -4.31. The third kappa shape index (κ3) is 2.58. The summed E-state index contributed by atoms with van der Waals surface area (Å²) in [6.45, 7) is 0.668. The number of halogens is 4. The summed E-state index contributed by atoms with van der Waals surface area (Å²) in [7, 11) is 0. The van der Waals surface area contributed by atoms with Gasteiger partial charge in [-0.05, 0) is 48.7 Å². The third-order valence-corrected chi connectivity index (χ3v) is 5.27. The predicted molar refractivity (Wildman–Crippen MR) is 91.3 cm³/mol. The van der Waals surface area contributed by atoms with E-state index in [0.717, 1.165) is 0 Å². The molecule has 3 nitrogen and oxygen atoms in total. The molecular weight excluding hydrogens is 346 g/mol. The number of alkyl halides is 3. The average molecular weight is 363 g/mol. The Morgan fingerprint density at radius 2 is 1.69 bits per heavy atom. The number of H-pyrrole nitrogens is 1. The number of hydrogen-bond acceptors (Lipinski definition) is 2. The highest BCUT2D eigenvalue weighted by Gasteiger charge is 2.55. The number of fused-ring (bicyclic) bond motifs is 1. The fourth-order valence-corrected chi connectivity index (χ4v) is 3.82. The van der Waals surface area contributed by atoms with Gasteiger partial charge in [0.1, 0.15) is 5.65 Å². The molecule has 0 atom stereocenters. The minimum absolute atomic E-state index is 0.0157. The van der Waals surface area contributed by atoms with E-state index in [9.17, 15) is 17.6 Å². The summed E-state index contributed by atoms with van der Waals surface area (Å²) in [5, 5.41) is 3.33. The lowest BCUT2D eigenvalue weighted by Crippen LogP contribution is -2.49. The number of hydrogen-bond donors (Lipinski definition) is 2. The molecule has 2 aromatic heterocycles. The van der Waals surface area contributed by atoms with Crippen LogP contribution in [0.3, 0.4) is 0 Å². The molecule has 0 saturated carbocycles. The Balaban J connectivity index is 1.78. The van der Waals surface area contributed by atoms with E-state index >= 15 is 0 Å². The number of nitrogens with zero attached hydrogens (tertiary/aromatic N) is 1. The number of nitrogens with one attached hydrogen (secondary N) is 2. The van der Waals surface area contributed by atoms with Crippen molar-refractivity contribution in [1.82, 2.24) is 15.3 Å². The topological polar surface area (TPSA) is 40.7 Å². The molecule has 0 bridgehead atoms. The molecule has 7 heteroatoms. The smallest absolute Gasteiger partial charge is 0.343 e. The zero-order chi connectivity index (χ0) is 18.4. The Bertz CT molecular complexity index is 922. The van der Waals surface area contributed by atoms with E-state index in [2.05, 4.69) is 15.3 Å². The van der Waals surface area contributed by atoms with Gasteiger partial charge in [-0.2, -0.15) is 13.2 Å². The molecule has 0 spiro atoms. The second-order valence-electron chi connectivity index (χ2n) is 6.63. The number of rotatable bonds is 2.